The molecule has 0 spiro atoms. The average molecular weight is 383 g/mol. The molecule has 1 rings (SSSR count). The number of nitrogens with one attached hydrogen (secondary N) is 1. The Bertz CT molecular complexity index is 399. The van der Waals surface area contributed by atoms with Crippen molar-refractivity contribution in [2.24, 2.45) is 5.84 Å². The monoisotopic (exact) mass is 382 g/mol. The van der Waals surface area contributed by atoms with Gasteiger partial charge in [-0.25, -0.2) is 0 Å². The molecule has 3 nitrogen and oxygen atoms in total. The zero-order chi connectivity index (χ0) is 13.8. The van der Waals surface area contributed by atoms with Crippen molar-refractivity contribution >= 4 is 34.2 Å². The fourth-order valence-electron chi connectivity index (χ4n) is 1.70. The number of rotatable bonds is 6. The largest absolute Gasteiger partial charge is 0.379 e. The molecule has 0 aliphatic rings. The van der Waals surface area contributed by atoms with Crippen molar-refractivity contribution in [2.75, 3.05) is 7.11 Å². The Hall–Kier alpha value is 0.120. The van der Waals surface area contributed by atoms with Crippen molar-refractivity contribution in [1.29, 1.82) is 0 Å². The summed E-state index contributed by atoms with van der Waals surface area (Å²) in [4.78, 5) is 0. The molecule has 5 heteroatoms. The van der Waals surface area contributed by atoms with E-state index in [0.29, 0.717) is 0 Å². The quantitative estimate of drug-likeness (QED) is 0.448. The first-order valence-electron chi connectivity index (χ1n) is 5.86. The SMILES string of the molecule is COC(C)(C)CCC(NN)c1cc(Cl)ccc1I. The second-order valence-electron chi connectivity index (χ2n) is 4.89. The van der Waals surface area contributed by atoms with Crippen LogP contribution in [0.3, 0.4) is 0 Å². The maximum Gasteiger partial charge on any atom is 0.0623 e. The summed E-state index contributed by atoms with van der Waals surface area (Å²) < 4.78 is 6.59. The summed E-state index contributed by atoms with van der Waals surface area (Å²) in [6.45, 7) is 4.15. The molecule has 0 fully saturated rings. The number of halogens is 2. The molecule has 0 aromatic heterocycles. The maximum atomic E-state index is 6.04. The predicted molar refractivity (Wildman–Crippen MR) is 84.6 cm³/mol. The van der Waals surface area contributed by atoms with Crippen molar-refractivity contribution in [2.45, 2.75) is 38.3 Å². The van der Waals surface area contributed by atoms with Crippen LogP contribution in [-0.4, -0.2) is 12.7 Å². The minimum absolute atomic E-state index is 0.0880. The van der Waals surface area contributed by atoms with Gasteiger partial charge in [-0.05, 0) is 73.0 Å². The third kappa shape index (κ3) is 4.66. The Morgan fingerprint density at radius 2 is 2.17 bits per heavy atom. The van der Waals surface area contributed by atoms with Gasteiger partial charge in [0.25, 0.3) is 0 Å². The van der Waals surface area contributed by atoms with Gasteiger partial charge in [0.2, 0.25) is 0 Å². The normalized spacial score (nSPS) is 13.7. The third-order valence-corrected chi connectivity index (χ3v) is 4.34. The molecule has 0 aliphatic carbocycles. The predicted octanol–water partition coefficient (Wildman–Crippen LogP) is 3.65. The van der Waals surface area contributed by atoms with Gasteiger partial charge >= 0.3 is 0 Å². The van der Waals surface area contributed by atoms with Gasteiger partial charge in [-0.1, -0.05) is 11.6 Å². The molecule has 0 saturated carbocycles. The molecule has 0 aliphatic heterocycles. The van der Waals surface area contributed by atoms with E-state index in [9.17, 15) is 0 Å². The highest BCUT2D eigenvalue weighted by Crippen LogP contribution is 2.28. The third-order valence-electron chi connectivity index (χ3n) is 3.12. The number of nitrogens with two attached hydrogens (primary N) is 1. The Morgan fingerprint density at radius 3 is 2.72 bits per heavy atom. The van der Waals surface area contributed by atoms with E-state index in [0.717, 1.165) is 27.0 Å². The van der Waals surface area contributed by atoms with Crippen LogP contribution >= 0.6 is 34.2 Å². The van der Waals surface area contributed by atoms with Gasteiger partial charge in [0.15, 0.2) is 0 Å². The number of benzene rings is 1. The number of hydrazine groups is 1. The van der Waals surface area contributed by atoms with E-state index in [2.05, 4.69) is 41.9 Å². The molecule has 18 heavy (non-hydrogen) atoms. The Morgan fingerprint density at radius 1 is 1.50 bits per heavy atom. The highest BCUT2D eigenvalue weighted by Gasteiger charge is 2.21. The molecule has 1 aromatic rings. The van der Waals surface area contributed by atoms with E-state index in [-0.39, 0.29) is 11.6 Å². The van der Waals surface area contributed by atoms with Crippen molar-refractivity contribution in [3.8, 4) is 0 Å². The van der Waals surface area contributed by atoms with E-state index in [1.54, 1.807) is 7.11 Å². The van der Waals surface area contributed by atoms with Crippen molar-refractivity contribution in [3.63, 3.8) is 0 Å². The van der Waals surface area contributed by atoms with Crippen molar-refractivity contribution < 1.29 is 4.74 Å². The van der Waals surface area contributed by atoms with E-state index < -0.39 is 0 Å². The van der Waals surface area contributed by atoms with Gasteiger partial charge in [0, 0.05) is 21.7 Å². The summed E-state index contributed by atoms with van der Waals surface area (Å²) in [6, 6.07) is 5.95. The van der Waals surface area contributed by atoms with Gasteiger partial charge in [0.05, 0.1) is 5.60 Å². The van der Waals surface area contributed by atoms with Crippen LogP contribution in [0.2, 0.25) is 5.02 Å². The molecule has 0 heterocycles. The van der Waals surface area contributed by atoms with E-state index in [4.69, 9.17) is 22.2 Å². The van der Waals surface area contributed by atoms with Crippen LogP contribution in [0, 0.1) is 3.57 Å². The van der Waals surface area contributed by atoms with Crippen LogP contribution in [-0.2, 0) is 4.74 Å². The summed E-state index contributed by atoms with van der Waals surface area (Å²) >= 11 is 8.34. The summed E-state index contributed by atoms with van der Waals surface area (Å²) in [6.07, 6.45) is 1.81. The molecule has 102 valence electrons. The van der Waals surface area contributed by atoms with Crippen LogP contribution in [0.5, 0.6) is 0 Å². The molecule has 3 N–H and O–H groups in total. The lowest BCUT2D eigenvalue weighted by atomic mass is 9.95. The number of hydrogen-bond donors (Lipinski definition) is 2. The van der Waals surface area contributed by atoms with Gasteiger partial charge in [0.1, 0.15) is 0 Å². The second kappa shape index (κ2) is 7.05. The molecule has 1 unspecified atom stereocenters. The first-order chi connectivity index (χ1) is 8.39. The van der Waals surface area contributed by atoms with Crippen molar-refractivity contribution in [3.05, 3.63) is 32.4 Å². The maximum absolute atomic E-state index is 6.04. The van der Waals surface area contributed by atoms with Crippen molar-refractivity contribution in [1.82, 2.24) is 5.43 Å². The minimum Gasteiger partial charge on any atom is -0.379 e. The minimum atomic E-state index is -0.140. The van der Waals surface area contributed by atoms with Crippen LogP contribution in [0.15, 0.2) is 18.2 Å². The molecule has 1 atom stereocenters. The van der Waals surface area contributed by atoms with E-state index in [1.165, 1.54) is 0 Å². The zero-order valence-corrected chi connectivity index (χ0v) is 13.9. The van der Waals surface area contributed by atoms with Crippen LogP contribution in [0.4, 0.5) is 0 Å². The molecule has 1 aromatic carbocycles. The number of methoxy groups -OCH3 is 1. The van der Waals surface area contributed by atoms with Gasteiger partial charge < -0.3 is 4.74 Å². The lowest BCUT2D eigenvalue weighted by molar-refractivity contribution is 0.0116. The average Bonchev–Trinajstić information content (AvgIpc) is 2.34. The van der Waals surface area contributed by atoms with E-state index in [1.807, 2.05) is 18.2 Å². The fraction of sp³-hybridized carbons (Fsp3) is 0.538. The highest BCUT2D eigenvalue weighted by atomic mass is 127. The molecule has 0 radical (unpaired) electrons. The fourth-order valence-corrected chi connectivity index (χ4v) is 2.60. The first kappa shape index (κ1) is 16.2. The van der Waals surface area contributed by atoms with Gasteiger partial charge in [-0.3, -0.25) is 11.3 Å². The second-order valence-corrected chi connectivity index (χ2v) is 6.49. The Kier molecular flexibility index (Phi) is 6.34. The van der Waals surface area contributed by atoms with Crippen LogP contribution in [0.1, 0.15) is 38.3 Å². The van der Waals surface area contributed by atoms with Crippen LogP contribution in [0.25, 0.3) is 0 Å². The topological polar surface area (TPSA) is 47.3 Å². The Labute approximate surface area is 128 Å². The first-order valence-corrected chi connectivity index (χ1v) is 7.31. The lowest BCUT2D eigenvalue weighted by Gasteiger charge is -2.26. The van der Waals surface area contributed by atoms with Gasteiger partial charge in [-0.15, -0.1) is 0 Å². The smallest absolute Gasteiger partial charge is 0.0623 e. The summed E-state index contributed by atoms with van der Waals surface area (Å²) in [5.74, 6) is 5.66. The lowest BCUT2D eigenvalue weighted by Crippen LogP contribution is -2.31. The Balaban J connectivity index is 2.80. The summed E-state index contributed by atoms with van der Waals surface area (Å²) in [5, 5.41) is 0.733. The van der Waals surface area contributed by atoms with Crippen LogP contribution < -0.4 is 11.3 Å². The number of hydrogen-bond acceptors (Lipinski definition) is 3. The van der Waals surface area contributed by atoms with E-state index >= 15 is 0 Å². The standard InChI is InChI=1S/C13H20ClIN2O/c1-13(2,18-3)7-6-12(17-16)10-8-9(14)4-5-11(10)15/h4-5,8,12,17H,6-7,16H2,1-3H3. The highest BCUT2D eigenvalue weighted by molar-refractivity contribution is 14.1. The number of ether oxygens (including phenoxy) is 1. The van der Waals surface area contributed by atoms with Gasteiger partial charge in [-0.2, -0.15) is 0 Å². The molecule has 0 saturated heterocycles. The molecular formula is C13H20ClIN2O. The molecule has 0 bridgehead atoms. The molecular weight excluding hydrogens is 363 g/mol. The summed E-state index contributed by atoms with van der Waals surface area (Å²) in [5.41, 5.74) is 3.86. The zero-order valence-electron chi connectivity index (χ0n) is 11.0. The molecule has 0 amide bonds. The summed E-state index contributed by atoms with van der Waals surface area (Å²) in [7, 11) is 1.73.